The molecule has 27 heavy (non-hydrogen) atoms. The van der Waals surface area contributed by atoms with Crippen LogP contribution in [0.4, 0.5) is 9.59 Å². The first-order valence-electron chi connectivity index (χ1n) is 9.05. The van der Waals surface area contributed by atoms with Gasteiger partial charge in [0.25, 0.3) is 0 Å². The molecule has 2 amide bonds. The Morgan fingerprint density at radius 3 is 2.30 bits per heavy atom. The number of nitrogens with one attached hydrogen (secondary N) is 2. The van der Waals surface area contributed by atoms with Gasteiger partial charge >= 0.3 is 18.2 Å². The van der Waals surface area contributed by atoms with Gasteiger partial charge in [-0.25, -0.2) is 14.4 Å². The molecule has 0 aromatic heterocycles. The maximum absolute atomic E-state index is 11.9. The van der Waals surface area contributed by atoms with Crippen molar-refractivity contribution in [1.29, 1.82) is 0 Å². The number of carbonyl (C=O) groups excluding carboxylic acids is 3. The summed E-state index contributed by atoms with van der Waals surface area (Å²) in [6, 6.07) is 0. The SMILES string of the molecule is C=C(C)C(=O)OCC(C)OC(=O)NCC(C)(C)CC(C)CCNC(=O)OC. The van der Waals surface area contributed by atoms with Gasteiger partial charge < -0.3 is 24.8 Å². The van der Waals surface area contributed by atoms with Crippen LogP contribution in [-0.2, 0) is 19.0 Å². The number of methoxy groups -OCH3 is 1. The molecule has 2 atom stereocenters. The highest BCUT2D eigenvalue weighted by molar-refractivity contribution is 5.86. The molecule has 0 aliphatic carbocycles. The number of ether oxygens (including phenoxy) is 3. The van der Waals surface area contributed by atoms with Crippen molar-refractivity contribution in [3.8, 4) is 0 Å². The fraction of sp³-hybridized carbons (Fsp3) is 0.737. The highest BCUT2D eigenvalue weighted by Gasteiger charge is 2.23. The normalized spacial score (nSPS) is 13.1. The van der Waals surface area contributed by atoms with Crippen LogP contribution in [0.2, 0.25) is 0 Å². The van der Waals surface area contributed by atoms with E-state index in [1.807, 2.05) is 0 Å². The fourth-order valence-corrected chi connectivity index (χ4v) is 2.50. The lowest BCUT2D eigenvalue weighted by Gasteiger charge is -2.28. The molecule has 0 aromatic rings. The molecule has 0 aliphatic rings. The van der Waals surface area contributed by atoms with E-state index in [0.717, 1.165) is 12.8 Å². The van der Waals surface area contributed by atoms with E-state index in [4.69, 9.17) is 9.47 Å². The number of alkyl carbamates (subject to hydrolysis) is 2. The van der Waals surface area contributed by atoms with Crippen LogP contribution in [0.25, 0.3) is 0 Å². The molecule has 156 valence electrons. The first kappa shape index (κ1) is 24.8. The van der Waals surface area contributed by atoms with Crippen LogP contribution in [0.1, 0.15) is 47.5 Å². The third-order valence-electron chi connectivity index (χ3n) is 3.81. The van der Waals surface area contributed by atoms with Crippen molar-refractivity contribution in [3.63, 3.8) is 0 Å². The second-order valence-electron chi connectivity index (χ2n) is 7.63. The minimum atomic E-state index is -0.556. The van der Waals surface area contributed by atoms with E-state index in [9.17, 15) is 14.4 Å². The predicted octanol–water partition coefficient (Wildman–Crippen LogP) is 3.02. The number of esters is 1. The zero-order chi connectivity index (χ0) is 21.0. The summed E-state index contributed by atoms with van der Waals surface area (Å²) in [5.41, 5.74) is 0.156. The van der Waals surface area contributed by atoms with Crippen molar-refractivity contribution in [2.45, 2.75) is 53.6 Å². The maximum atomic E-state index is 11.9. The van der Waals surface area contributed by atoms with Crippen molar-refractivity contribution in [1.82, 2.24) is 10.6 Å². The zero-order valence-electron chi connectivity index (χ0n) is 17.3. The average Bonchev–Trinajstić information content (AvgIpc) is 2.57. The third-order valence-corrected chi connectivity index (χ3v) is 3.81. The molecule has 0 fully saturated rings. The lowest BCUT2D eigenvalue weighted by Crippen LogP contribution is -2.37. The zero-order valence-corrected chi connectivity index (χ0v) is 17.3. The summed E-state index contributed by atoms with van der Waals surface area (Å²) in [6.07, 6.45) is 0.131. The Balaban J connectivity index is 4.12. The Hall–Kier alpha value is -2.25. The largest absolute Gasteiger partial charge is 0.458 e. The average molecular weight is 386 g/mol. The predicted molar refractivity (Wildman–Crippen MR) is 102 cm³/mol. The van der Waals surface area contributed by atoms with E-state index in [1.165, 1.54) is 7.11 Å². The molecule has 0 saturated heterocycles. The number of hydrogen-bond donors (Lipinski definition) is 2. The molecule has 2 N–H and O–H groups in total. The van der Waals surface area contributed by atoms with Crippen LogP contribution in [0.5, 0.6) is 0 Å². The fourth-order valence-electron chi connectivity index (χ4n) is 2.50. The van der Waals surface area contributed by atoms with Gasteiger partial charge in [0.05, 0.1) is 7.11 Å². The molecule has 0 bridgehead atoms. The molecular weight excluding hydrogens is 352 g/mol. The maximum Gasteiger partial charge on any atom is 0.407 e. The summed E-state index contributed by atoms with van der Waals surface area (Å²) >= 11 is 0. The van der Waals surface area contributed by atoms with Crippen molar-refractivity contribution in [2.75, 3.05) is 26.8 Å². The second kappa shape index (κ2) is 12.2. The van der Waals surface area contributed by atoms with Crippen LogP contribution in [-0.4, -0.2) is 51.1 Å². The van der Waals surface area contributed by atoms with E-state index >= 15 is 0 Å². The lowest BCUT2D eigenvalue weighted by atomic mass is 9.82. The van der Waals surface area contributed by atoms with Gasteiger partial charge in [-0.05, 0) is 38.0 Å². The van der Waals surface area contributed by atoms with Crippen molar-refractivity contribution in [3.05, 3.63) is 12.2 Å². The quantitative estimate of drug-likeness (QED) is 0.321. The van der Waals surface area contributed by atoms with Crippen molar-refractivity contribution in [2.24, 2.45) is 11.3 Å². The van der Waals surface area contributed by atoms with Crippen molar-refractivity contribution >= 4 is 18.2 Å². The molecule has 2 unspecified atom stereocenters. The van der Waals surface area contributed by atoms with E-state index in [0.29, 0.717) is 24.6 Å². The summed E-state index contributed by atoms with van der Waals surface area (Å²) in [6.45, 7) is 13.8. The number of carbonyl (C=O) groups is 3. The van der Waals surface area contributed by atoms with E-state index in [2.05, 4.69) is 42.7 Å². The van der Waals surface area contributed by atoms with E-state index < -0.39 is 24.3 Å². The van der Waals surface area contributed by atoms with Crippen LogP contribution in [0.15, 0.2) is 12.2 Å². The molecule has 8 heteroatoms. The van der Waals surface area contributed by atoms with Crippen LogP contribution in [0.3, 0.4) is 0 Å². The molecular formula is C19H34N2O6. The van der Waals surface area contributed by atoms with Gasteiger partial charge in [-0.15, -0.1) is 0 Å². The summed E-state index contributed by atoms with van der Waals surface area (Å²) in [7, 11) is 1.33. The molecule has 0 spiro atoms. The molecule has 0 radical (unpaired) electrons. The van der Waals surface area contributed by atoms with Gasteiger partial charge in [0, 0.05) is 18.7 Å². The van der Waals surface area contributed by atoms with E-state index in [1.54, 1.807) is 13.8 Å². The van der Waals surface area contributed by atoms with E-state index in [-0.39, 0.29) is 12.0 Å². The van der Waals surface area contributed by atoms with Gasteiger partial charge in [0.15, 0.2) is 0 Å². The highest BCUT2D eigenvalue weighted by Crippen LogP contribution is 2.26. The number of hydrogen-bond acceptors (Lipinski definition) is 6. The van der Waals surface area contributed by atoms with Crippen molar-refractivity contribution < 1.29 is 28.6 Å². The summed E-state index contributed by atoms with van der Waals surface area (Å²) < 4.78 is 14.6. The summed E-state index contributed by atoms with van der Waals surface area (Å²) in [4.78, 5) is 34.2. The number of rotatable bonds is 11. The molecule has 0 saturated carbocycles. The standard InChI is InChI=1S/C19H34N2O6/c1-13(2)16(22)26-11-15(4)27-18(24)21-12-19(5,6)10-14(3)8-9-20-17(23)25-7/h14-15H,1,8-12H2,2-7H3,(H,20,23)(H,21,24). The molecule has 0 aliphatic heterocycles. The van der Waals surface area contributed by atoms with Gasteiger partial charge in [0.2, 0.25) is 0 Å². The molecule has 0 aromatic carbocycles. The highest BCUT2D eigenvalue weighted by atomic mass is 16.6. The van der Waals surface area contributed by atoms with Gasteiger partial charge in [-0.3, -0.25) is 0 Å². The number of amides is 2. The Bertz CT molecular complexity index is 518. The first-order valence-corrected chi connectivity index (χ1v) is 9.05. The third kappa shape index (κ3) is 12.7. The molecule has 0 rings (SSSR count). The van der Waals surface area contributed by atoms with Gasteiger partial charge in [0.1, 0.15) is 12.7 Å². The van der Waals surface area contributed by atoms with Gasteiger partial charge in [-0.1, -0.05) is 27.4 Å². The van der Waals surface area contributed by atoms with Gasteiger partial charge in [-0.2, -0.15) is 0 Å². The smallest absolute Gasteiger partial charge is 0.407 e. The Morgan fingerprint density at radius 1 is 1.11 bits per heavy atom. The molecule has 0 heterocycles. The lowest BCUT2D eigenvalue weighted by molar-refractivity contribution is -0.141. The summed E-state index contributed by atoms with van der Waals surface area (Å²) in [5.74, 6) is -0.155. The monoisotopic (exact) mass is 386 g/mol. The minimum absolute atomic E-state index is 0.0211. The minimum Gasteiger partial charge on any atom is -0.458 e. The van der Waals surface area contributed by atoms with Crippen LogP contribution >= 0.6 is 0 Å². The van der Waals surface area contributed by atoms with Crippen LogP contribution in [0, 0.1) is 11.3 Å². The Labute approximate surface area is 162 Å². The Kier molecular flexibility index (Phi) is 11.2. The summed E-state index contributed by atoms with van der Waals surface area (Å²) in [5, 5.41) is 5.40. The van der Waals surface area contributed by atoms with Crippen LogP contribution < -0.4 is 10.6 Å². The second-order valence-corrected chi connectivity index (χ2v) is 7.63. The Morgan fingerprint density at radius 2 is 1.74 bits per heavy atom. The topological polar surface area (TPSA) is 103 Å². The molecule has 8 nitrogen and oxygen atoms in total. The first-order chi connectivity index (χ1) is 12.5.